The van der Waals surface area contributed by atoms with Crippen molar-refractivity contribution in [2.24, 2.45) is 0 Å². The Morgan fingerprint density at radius 1 is 1.20 bits per heavy atom. The Morgan fingerprint density at radius 2 is 1.60 bits per heavy atom. The van der Waals surface area contributed by atoms with Gasteiger partial charge in [-0.25, -0.2) is 0 Å². The van der Waals surface area contributed by atoms with Crippen LogP contribution in [-0.2, 0) is 0 Å². The third-order valence-corrected chi connectivity index (χ3v) is 1.28. The molecule has 0 radical (unpaired) electrons. The van der Waals surface area contributed by atoms with E-state index in [9.17, 15) is 0 Å². The van der Waals surface area contributed by atoms with Gasteiger partial charge in [-0.1, -0.05) is 6.07 Å². The normalized spacial score (nSPS) is 8.50. The number of phenols is 2. The zero-order valence-corrected chi connectivity index (χ0v) is 6.13. The average Bonchev–Trinajstić information content (AvgIpc) is 1.83. The Balaban J connectivity index is 0. The summed E-state index contributed by atoms with van der Waals surface area (Å²) in [5, 5.41) is 17.9. The van der Waals surface area contributed by atoms with Crippen molar-refractivity contribution in [3.8, 4) is 11.5 Å². The molecule has 0 aromatic heterocycles. The fraction of sp³-hybridized carbons (Fsp3) is 0.143. The fourth-order valence-corrected chi connectivity index (χ4v) is 0.612. The maximum Gasteiger partial charge on any atom is 1.00 e. The Hall–Kier alpha value is -0.583. The molecule has 3 heteroatoms. The van der Waals surface area contributed by atoms with E-state index < -0.39 is 0 Å². The second-order valence-corrected chi connectivity index (χ2v) is 1.92. The molecule has 0 saturated carbocycles. The molecule has 2 N–H and O–H groups in total. The van der Waals surface area contributed by atoms with Crippen LogP contribution >= 0.6 is 0 Å². The number of hydrogen-bond donors (Lipinski definition) is 2. The fourth-order valence-electron chi connectivity index (χ4n) is 0.612. The summed E-state index contributed by atoms with van der Waals surface area (Å²) in [5.41, 5.74) is 0.525. The van der Waals surface area contributed by atoms with Crippen LogP contribution in [0.3, 0.4) is 0 Å². The molecule has 0 aliphatic heterocycles. The van der Waals surface area contributed by atoms with Gasteiger partial charge in [-0.15, -0.1) is 0 Å². The standard InChI is InChI=1S/C7H8O2.Li.H/c1-5-6(8)3-2-4-7(5)9;;/h2-4,8-9H,1H3;;/q;+1;-1. The summed E-state index contributed by atoms with van der Waals surface area (Å²) < 4.78 is 0. The van der Waals surface area contributed by atoms with Gasteiger partial charge in [0, 0.05) is 5.56 Å². The molecule has 0 heterocycles. The first kappa shape index (κ1) is 9.42. The van der Waals surface area contributed by atoms with Gasteiger partial charge in [0.25, 0.3) is 0 Å². The van der Waals surface area contributed by atoms with Gasteiger partial charge < -0.3 is 11.6 Å². The maximum atomic E-state index is 8.94. The van der Waals surface area contributed by atoms with E-state index in [4.69, 9.17) is 10.2 Å². The van der Waals surface area contributed by atoms with Crippen molar-refractivity contribution in [1.82, 2.24) is 0 Å². The molecule has 0 atom stereocenters. The van der Waals surface area contributed by atoms with Gasteiger partial charge in [0.05, 0.1) is 0 Å². The zero-order chi connectivity index (χ0) is 6.85. The molecule has 0 amide bonds. The number of aromatic hydroxyl groups is 2. The van der Waals surface area contributed by atoms with Crippen molar-refractivity contribution in [3.63, 3.8) is 0 Å². The van der Waals surface area contributed by atoms with Crippen LogP contribution in [0.5, 0.6) is 11.5 Å². The van der Waals surface area contributed by atoms with Crippen molar-refractivity contribution in [1.29, 1.82) is 0 Å². The topological polar surface area (TPSA) is 40.5 Å². The molecule has 50 valence electrons. The quantitative estimate of drug-likeness (QED) is 0.423. The smallest absolute Gasteiger partial charge is 1.00 e. The summed E-state index contributed by atoms with van der Waals surface area (Å²) in [4.78, 5) is 0. The molecule has 0 fully saturated rings. The van der Waals surface area contributed by atoms with E-state index in [2.05, 4.69) is 0 Å². The van der Waals surface area contributed by atoms with Crippen molar-refractivity contribution in [2.45, 2.75) is 6.92 Å². The van der Waals surface area contributed by atoms with Gasteiger partial charge in [0.1, 0.15) is 11.5 Å². The summed E-state index contributed by atoms with van der Waals surface area (Å²) in [7, 11) is 0. The van der Waals surface area contributed by atoms with Crippen molar-refractivity contribution < 1.29 is 30.5 Å². The SMILES string of the molecule is Cc1c(O)cccc1O.[H-].[Li+]. The van der Waals surface area contributed by atoms with Gasteiger partial charge in [-0.2, -0.15) is 0 Å². The van der Waals surface area contributed by atoms with Gasteiger partial charge >= 0.3 is 18.9 Å². The molecule has 0 unspecified atom stereocenters. The van der Waals surface area contributed by atoms with E-state index in [0.717, 1.165) is 0 Å². The van der Waals surface area contributed by atoms with E-state index in [-0.39, 0.29) is 31.8 Å². The molecule has 10 heavy (non-hydrogen) atoms. The Kier molecular flexibility index (Phi) is 3.35. The number of hydrogen-bond acceptors (Lipinski definition) is 2. The second-order valence-electron chi connectivity index (χ2n) is 1.92. The van der Waals surface area contributed by atoms with Gasteiger partial charge in [0.15, 0.2) is 0 Å². The monoisotopic (exact) mass is 132 g/mol. The van der Waals surface area contributed by atoms with Gasteiger partial charge in [0.2, 0.25) is 0 Å². The summed E-state index contributed by atoms with van der Waals surface area (Å²) in [6.07, 6.45) is 0. The molecule has 0 spiro atoms. The van der Waals surface area contributed by atoms with Crippen LogP contribution in [-0.4, -0.2) is 10.2 Å². The third-order valence-electron chi connectivity index (χ3n) is 1.28. The number of rotatable bonds is 0. The van der Waals surface area contributed by atoms with Crippen LogP contribution in [0.25, 0.3) is 0 Å². The first-order chi connectivity index (χ1) is 4.22. The minimum Gasteiger partial charge on any atom is -1.00 e. The molecule has 0 saturated heterocycles. The molecule has 1 aromatic carbocycles. The largest absolute Gasteiger partial charge is 1.00 e. The van der Waals surface area contributed by atoms with Crippen LogP contribution in [0, 0.1) is 6.92 Å². The van der Waals surface area contributed by atoms with Crippen molar-refractivity contribution in [3.05, 3.63) is 23.8 Å². The van der Waals surface area contributed by atoms with E-state index in [1.54, 1.807) is 13.0 Å². The molecule has 0 aliphatic carbocycles. The van der Waals surface area contributed by atoms with Crippen molar-refractivity contribution in [2.75, 3.05) is 0 Å². The minimum atomic E-state index is 0. The summed E-state index contributed by atoms with van der Waals surface area (Å²) >= 11 is 0. The van der Waals surface area contributed by atoms with Gasteiger partial charge in [-0.05, 0) is 19.1 Å². The molecule has 2 nitrogen and oxygen atoms in total. The molecule has 0 aliphatic rings. The first-order valence-corrected chi connectivity index (χ1v) is 2.69. The average molecular weight is 132 g/mol. The van der Waals surface area contributed by atoms with Crippen LogP contribution < -0.4 is 18.9 Å². The van der Waals surface area contributed by atoms with Crippen LogP contribution in [0.2, 0.25) is 0 Å². The van der Waals surface area contributed by atoms with Crippen LogP contribution in [0.4, 0.5) is 0 Å². The molecule has 0 bridgehead atoms. The van der Waals surface area contributed by atoms with E-state index in [1.165, 1.54) is 12.1 Å². The second kappa shape index (κ2) is 3.55. The summed E-state index contributed by atoms with van der Waals surface area (Å²) in [5.74, 6) is 0.269. The number of benzene rings is 1. The predicted octanol–water partition coefficient (Wildman–Crippen LogP) is -1.48. The van der Waals surface area contributed by atoms with Crippen LogP contribution in [0.1, 0.15) is 6.99 Å². The van der Waals surface area contributed by atoms with Gasteiger partial charge in [-0.3, -0.25) is 0 Å². The molecule has 1 rings (SSSR count). The first-order valence-electron chi connectivity index (χ1n) is 2.69. The van der Waals surface area contributed by atoms with Crippen molar-refractivity contribution >= 4 is 0 Å². The summed E-state index contributed by atoms with van der Waals surface area (Å²) in [6, 6.07) is 4.67. The van der Waals surface area contributed by atoms with E-state index in [1.807, 2.05) is 0 Å². The predicted molar refractivity (Wildman–Crippen MR) is 35.6 cm³/mol. The third kappa shape index (κ3) is 1.70. The molecular weight excluding hydrogens is 123 g/mol. The Labute approximate surface area is 73.2 Å². The maximum absolute atomic E-state index is 8.94. The molecular formula is C7H9LiO2. The zero-order valence-electron chi connectivity index (χ0n) is 7.13. The van der Waals surface area contributed by atoms with E-state index in [0.29, 0.717) is 5.56 Å². The molecule has 1 aromatic rings. The number of phenolic OH excluding ortho intramolecular Hbond substituents is 2. The Bertz CT molecular complexity index is 207. The summed E-state index contributed by atoms with van der Waals surface area (Å²) in [6.45, 7) is 1.66. The van der Waals surface area contributed by atoms with Crippen LogP contribution in [0.15, 0.2) is 18.2 Å². The van der Waals surface area contributed by atoms with E-state index >= 15 is 0 Å². The Morgan fingerprint density at radius 3 is 1.90 bits per heavy atom. The minimum absolute atomic E-state index is 0.